The zero-order chi connectivity index (χ0) is 14.7. The van der Waals surface area contributed by atoms with Crippen LogP contribution in [0.5, 0.6) is 11.5 Å². The lowest BCUT2D eigenvalue weighted by atomic mass is 10.2. The van der Waals surface area contributed by atoms with E-state index >= 15 is 0 Å². The number of hydrogen-bond acceptors (Lipinski definition) is 4. The largest absolute Gasteiger partial charge is 0.457 e. The van der Waals surface area contributed by atoms with E-state index < -0.39 is 0 Å². The molecule has 0 spiro atoms. The quantitative estimate of drug-likeness (QED) is 0.874. The molecule has 2 amide bonds. The first-order chi connectivity index (χ1) is 10.2. The number of amides is 2. The van der Waals surface area contributed by atoms with Gasteiger partial charge in [0.15, 0.2) is 0 Å². The summed E-state index contributed by atoms with van der Waals surface area (Å²) in [7, 11) is 0. The minimum absolute atomic E-state index is 0.185. The molecule has 0 radical (unpaired) electrons. The predicted molar refractivity (Wildman–Crippen MR) is 78.3 cm³/mol. The van der Waals surface area contributed by atoms with E-state index in [9.17, 15) is 9.59 Å². The molecule has 2 aromatic rings. The number of hydrogen-bond donors (Lipinski definition) is 1. The molecule has 0 bridgehead atoms. The summed E-state index contributed by atoms with van der Waals surface area (Å²) >= 11 is 0. The molecule has 1 fully saturated rings. The van der Waals surface area contributed by atoms with Crippen molar-refractivity contribution >= 4 is 17.5 Å². The highest BCUT2D eigenvalue weighted by Crippen LogP contribution is 2.24. The van der Waals surface area contributed by atoms with Gasteiger partial charge in [-0.05, 0) is 36.4 Å². The van der Waals surface area contributed by atoms with Gasteiger partial charge in [0.05, 0.1) is 13.1 Å². The highest BCUT2D eigenvalue weighted by atomic mass is 16.5. The fourth-order valence-corrected chi connectivity index (χ4v) is 2.17. The third-order valence-electron chi connectivity index (χ3n) is 3.13. The van der Waals surface area contributed by atoms with Gasteiger partial charge in [-0.1, -0.05) is 18.2 Å². The zero-order valence-electron chi connectivity index (χ0n) is 11.3. The predicted octanol–water partition coefficient (Wildman–Crippen LogP) is 1.94. The second-order valence-electron chi connectivity index (χ2n) is 4.74. The number of imide groups is 1. The number of anilines is 1. The van der Waals surface area contributed by atoms with Crippen molar-refractivity contribution in [2.45, 2.75) is 0 Å². The Morgan fingerprint density at radius 3 is 2.00 bits per heavy atom. The number of benzene rings is 2. The Kier molecular flexibility index (Phi) is 3.55. The molecule has 1 aliphatic rings. The second kappa shape index (κ2) is 5.66. The van der Waals surface area contributed by atoms with Crippen LogP contribution < -0.4 is 15.0 Å². The number of para-hydroxylation sites is 1. The van der Waals surface area contributed by atoms with Gasteiger partial charge in [-0.15, -0.1) is 0 Å². The molecule has 21 heavy (non-hydrogen) atoms. The van der Waals surface area contributed by atoms with E-state index in [1.165, 1.54) is 0 Å². The van der Waals surface area contributed by atoms with Crippen molar-refractivity contribution in [3.05, 3.63) is 54.6 Å². The average molecular weight is 282 g/mol. The fraction of sp³-hybridized carbons (Fsp3) is 0.125. The molecular formula is C16H14N2O3. The topological polar surface area (TPSA) is 58.6 Å². The van der Waals surface area contributed by atoms with Crippen LogP contribution in [-0.2, 0) is 9.59 Å². The summed E-state index contributed by atoms with van der Waals surface area (Å²) in [6.45, 7) is 0.370. The van der Waals surface area contributed by atoms with Crippen molar-refractivity contribution in [2.75, 3.05) is 18.0 Å². The molecule has 1 heterocycles. The summed E-state index contributed by atoms with van der Waals surface area (Å²) in [6, 6.07) is 16.8. The summed E-state index contributed by atoms with van der Waals surface area (Å²) in [6.07, 6.45) is 0. The van der Waals surface area contributed by atoms with Gasteiger partial charge in [0.25, 0.3) is 0 Å². The number of ether oxygens (including phenoxy) is 1. The molecule has 0 unspecified atom stereocenters. The highest BCUT2D eigenvalue weighted by molar-refractivity contribution is 6.02. The summed E-state index contributed by atoms with van der Waals surface area (Å²) in [4.78, 5) is 24.5. The van der Waals surface area contributed by atoms with E-state index in [-0.39, 0.29) is 24.9 Å². The lowest BCUT2D eigenvalue weighted by molar-refractivity contribution is -0.130. The van der Waals surface area contributed by atoms with E-state index in [2.05, 4.69) is 5.32 Å². The Labute approximate surface area is 122 Å². The monoisotopic (exact) mass is 282 g/mol. The molecule has 0 atom stereocenters. The van der Waals surface area contributed by atoms with Crippen LogP contribution in [0.3, 0.4) is 0 Å². The lowest BCUT2D eigenvalue weighted by Gasteiger charge is -2.27. The molecule has 1 aliphatic heterocycles. The maximum atomic E-state index is 11.4. The summed E-state index contributed by atoms with van der Waals surface area (Å²) in [5.74, 6) is 0.905. The second-order valence-corrected chi connectivity index (χ2v) is 4.74. The first-order valence-electron chi connectivity index (χ1n) is 6.61. The van der Waals surface area contributed by atoms with Gasteiger partial charge in [0, 0.05) is 5.69 Å². The molecule has 106 valence electrons. The van der Waals surface area contributed by atoms with Crippen molar-refractivity contribution < 1.29 is 14.3 Å². The van der Waals surface area contributed by atoms with Crippen molar-refractivity contribution in [1.29, 1.82) is 0 Å². The van der Waals surface area contributed by atoms with E-state index in [1.807, 2.05) is 54.6 Å². The Bertz CT molecular complexity index is 637. The van der Waals surface area contributed by atoms with Gasteiger partial charge in [-0.3, -0.25) is 14.9 Å². The van der Waals surface area contributed by atoms with E-state index in [1.54, 1.807) is 4.90 Å². The van der Waals surface area contributed by atoms with Crippen LogP contribution in [0.25, 0.3) is 0 Å². The molecule has 0 aliphatic carbocycles. The molecular weight excluding hydrogens is 268 g/mol. The smallest absolute Gasteiger partial charge is 0.246 e. The van der Waals surface area contributed by atoms with Crippen LogP contribution in [0.1, 0.15) is 0 Å². The first-order valence-corrected chi connectivity index (χ1v) is 6.61. The molecule has 3 rings (SSSR count). The number of nitrogens with zero attached hydrogens (tertiary/aromatic N) is 1. The van der Waals surface area contributed by atoms with Gasteiger partial charge in [0.2, 0.25) is 11.8 Å². The molecule has 0 saturated carbocycles. The first kappa shape index (κ1) is 13.2. The third-order valence-corrected chi connectivity index (χ3v) is 3.13. The number of carbonyl (C=O) groups is 2. The SMILES string of the molecule is O=C1CN(c2ccc(Oc3ccccc3)cc2)CC(=O)N1. The molecule has 5 heteroatoms. The Hall–Kier alpha value is -2.82. The standard InChI is InChI=1S/C16H14N2O3/c19-15-10-18(11-16(20)17-15)12-6-8-14(9-7-12)21-13-4-2-1-3-5-13/h1-9H,10-11H2,(H,17,19,20). The number of piperazine rings is 1. The average Bonchev–Trinajstić information content (AvgIpc) is 2.48. The van der Waals surface area contributed by atoms with Gasteiger partial charge in [-0.2, -0.15) is 0 Å². The summed E-state index contributed by atoms with van der Waals surface area (Å²) in [5, 5.41) is 2.28. The molecule has 2 aromatic carbocycles. The van der Waals surface area contributed by atoms with Gasteiger partial charge in [-0.25, -0.2) is 0 Å². The van der Waals surface area contributed by atoms with Crippen LogP contribution >= 0.6 is 0 Å². The lowest BCUT2D eigenvalue weighted by Crippen LogP contribution is -2.51. The van der Waals surface area contributed by atoms with Crippen LogP contribution in [0.15, 0.2) is 54.6 Å². The maximum Gasteiger partial charge on any atom is 0.246 e. The summed E-state index contributed by atoms with van der Waals surface area (Å²) < 4.78 is 5.70. The van der Waals surface area contributed by atoms with Crippen LogP contribution in [-0.4, -0.2) is 24.9 Å². The number of rotatable bonds is 3. The number of nitrogens with one attached hydrogen (secondary N) is 1. The normalized spacial score (nSPS) is 14.8. The minimum atomic E-state index is -0.282. The van der Waals surface area contributed by atoms with E-state index in [0.29, 0.717) is 5.75 Å². The highest BCUT2D eigenvalue weighted by Gasteiger charge is 2.22. The maximum absolute atomic E-state index is 11.4. The van der Waals surface area contributed by atoms with Crippen molar-refractivity contribution in [1.82, 2.24) is 5.32 Å². The van der Waals surface area contributed by atoms with Gasteiger partial charge in [0.1, 0.15) is 11.5 Å². The van der Waals surface area contributed by atoms with Crippen LogP contribution in [0.2, 0.25) is 0 Å². The van der Waals surface area contributed by atoms with Crippen molar-refractivity contribution in [3.63, 3.8) is 0 Å². The molecule has 0 aromatic heterocycles. The minimum Gasteiger partial charge on any atom is -0.457 e. The fourth-order valence-electron chi connectivity index (χ4n) is 2.17. The molecule has 1 N–H and O–H groups in total. The Balaban J connectivity index is 1.72. The zero-order valence-corrected chi connectivity index (χ0v) is 11.3. The third kappa shape index (κ3) is 3.20. The molecule has 5 nitrogen and oxygen atoms in total. The van der Waals surface area contributed by atoms with Crippen LogP contribution in [0, 0.1) is 0 Å². The van der Waals surface area contributed by atoms with Crippen molar-refractivity contribution in [3.8, 4) is 11.5 Å². The Morgan fingerprint density at radius 2 is 1.38 bits per heavy atom. The van der Waals surface area contributed by atoms with Gasteiger partial charge >= 0.3 is 0 Å². The van der Waals surface area contributed by atoms with E-state index in [0.717, 1.165) is 11.4 Å². The van der Waals surface area contributed by atoms with Gasteiger partial charge < -0.3 is 9.64 Å². The van der Waals surface area contributed by atoms with E-state index in [4.69, 9.17) is 4.74 Å². The van der Waals surface area contributed by atoms with Crippen LogP contribution in [0.4, 0.5) is 5.69 Å². The summed E-state index contributed by atoms with van der Waals surface area (Å²) in [5.41, 5.74) is 0.818. The Morgan fingerprint density at radius 1 is 0.810 bits per heavy atom. The molecule has 1 saturated heterocycles. The van der Waals surface area contributed by atoms with Crippen molar-refractivity contribution in [2.24, 2.45) is 0 Å². The number of carbonyl (C=O) groups excluding carboxylic acids is 2.